The van der Waals surface area contributed by atoms with Gasteiger partial charge in [-0.25, -0.2) is 0 Å². The number of benzene rings is 1. The van der Waals surface area contributed by atoms with Crippen molar-refractivity contribution in [1.29, 1.82) is 0 Å². The molecule has 1 rings (SSSR count). The number of hydrogen-bond donors (Lipinski definition) is 1. The van der Waals surface area contributed by atoms with E-state index in [2.05, 4.69) is 6.92 Å². The van der Waals surface area contributed by atoms with Crippen molar-refractivity contribution in [3.05, 3.63) is 18.2 Å². The quantitative estimate of drug-likeness (QED) is 0.578. The molecule has 1 aromatic rings. The maximum Gasteiger partial charge on any atom is 0.163 e. The molecule has 0 saturated carbocycles. The van der Waals surface area contributed by atoms with E-state index in [0.717, 1.165) is 30.9 Å². The molecule has 0 bridgehead atoms. The second kappa shape index (κ2) is 6.17. The smallest absolute Gasteiger partial charge is 0.163 e. The van der Waals surface area contributed by atoms with Gasteiger partial charge in [0.1, 0.15) is 0 Å². The average molecular weight is 209 g/mol. The minimum Gasteiger partial charge on any atom is -0.490 e. The first-order valence-corrected chi connectivity index (χ1v) is 5.43. The lowest BCUT2D eigenvalue weighted by atomic mass is 10.3. The van der Waals surface area contributed by atoms with E-state index < -0.39 is 0 Å². The van der Waals surface area contributed by atoms with Gasteiger partial charge in [-0.3, -0.25) is 0 Å². The summed E-state index contributed by atoms with van der Waals surface area (Å²) in [6, 6.07) is 5.48. The number of hydrogen-bond acceptors (Lipinski definition) is 3. The fourth-order valence-corrected chi connectivity index (χ4v) is 1.24. The van der Waals surface area contributed by atoms with Crippen LogP contribution in [0.3, 0.4) is 0 Å². The molecule has 3 heteroatoms. The van der Waals surface area contributed by atoms with Crippen molar-refractivity contribution in [3.8, 4) is 11.5 Å². The molecule has 0 spiro atoms. The van der Waals surface area contributed by atoms with E-state index in [9.17, 15) is 0 Å². The molecule has 1 aromatic carbocycles. The van der Waals surface area contributed by atoms with Gasteiger partial charge in [0.25, 0.3) is 0 Å². The molecule has 2 N–H and O–H groups in total. The van der Waals surface area contributed by atoms with Gasteiger partial charge in [-0.2, -0.15) is 0 Å². The Morgan fingerprint density at radius 3 is 2.60 bits per heavy atom. The fraction of sp³-hybridized carbons (Fsp3) is 0.500. The predicted octanol–water partition coefficient (Wildman–Crippen LogP) is 2.85. The van der Waals surface area contributed by atoms with Gasteiger partial charge >= 0.3 is 0 Å². The third kappa shape index (κ3) is 3.70. The van der Waals surface area contributed by atoms with Crippen molar-refractivity contribution in [1.82, 2.24) is 0 Å². The molecule has 15 heavy (non-hydrogen) atoms. The molecular formula is C12H19NO2. The molecule has 84 valence electrons. The molecule has 0 aromatic heterocycles. The van der Waals surface area contributed by atoms with Crippen LogP contribution in [-0.4, -0.2) is 13.2 Å². The summed E-state index contributed by atoms with van der Waals surface area (Å²) in [5.41, 5.74) is 6.37. The zero-order valence-corrected chi connectivity index (χ0v) is 9.45. The summed E-state index contributed by atoms with van der Waals surface area (Å²) < 4.78 is 11.0. The first kappa shape index (κ1) is 11.7. The summed E-state index contributed by atoms with van der Waals surface area (Å²) in [7, 11) is 0. The van der Waals surface area contributed by atoms with Crippen LogP contribution < -0.4 is 15.2 Å². The molecule has 0 atom stereocenters. The van der Waals surface area contributed by atoms with Gasteiger partial charge < -0.3 is 15.2 Å². The highest BCUT2D eigenvalue weighted by Gasteiger charge is 2.04. The Morgan fingerprint density at radius 1 is 1.13 bits per heavy atom. The summed E-state index contributed by atoms with van der Waals surface area (Å²) in [4.78, 5) is 0. The number of rotatable bonds is 6. The highest BCUT2D eigenvalue weighted by Crippen LogP contribution is 2.29. The summed E-state index contributed by atoms with van der Waals surface area (Å²) in [6.07, 6.45) is 2.18. The maximum absolute atomic E-state index is 5.68. The van der Waals surface area contributed by atoms with Crippen molar-refractivity contribution in [3.63, 3.8) is 0 Å². The molecule has 0 radical (unpaired) electrons. The molecular weight excluding hydrogens is 190 g/mol. The van der Waals surface area contributed by atoms with Crippen molar-refractivity contribution in [2.24, 2.45) is 0 Å². The van der Waals surface area contributed by atoms with E-state index >= 15 is 0 Å². The molecule has 0 fully saturated rings. The summed E-state index contributed by atoms with van der Waals surface area (Å²) >= 11 is 0. The summed E-state index contributed by atoms with van der Waals surface area (Å²) in [6.45, 7) is 5.42. The van der Waals surface area contributed by atoms with Crippen LogP contribution in [0.5, 0.6) is 11.5 Å². The largest absolute Gasteiger partial charge is 0.490 e. The monoisotopic (exact) mass is 209 g/mol. The highest BCUT2D eigenvalue weighted by atomic mass is 16.5. The van der Waals surface area contributed by atoms with Gasteiger partial charge in [-0.15, -0.1) is 0 Å². The van der Waals surface area contributed by atoms with E-state index in [1.165, 1.54) is 0 Å². The van der Waals surface area contributed by atoms with Crippen LogP contribution in [0.4, 0.5) is 5.69 Å². The first-order valence-electron chi connectivity index (χ1n) is 5.43. The standard InChI is InChI=1S/C12H19NO2/c1-3-5-8-15-11-7-6-10(13)9-12(11)14-4-2/h6-7,9H,3-5,8,13H2,1-2H3. The Bertz CT molecular complexity index is 300. The topological polar surface area (TPSA) is 44.5 Å². The zero-order valence-electron chi connectivity index (χ0n) is 9.45. The minimum absolute atomic E-state index is 0.619. The number of nitrogens with two attached hydrogens (primary N) is 1. The second-order valence-electron chi connectivity index (χ2n) is 3.34. The van der Waals surface area contributed by atoms with Crippen LogP contribution in [0.25, 0.3) is 0 Å². The summed E-state index contributed by atoms with van der Waals surface area (Å²) in [5, 5.41) is 0. The number of anilines is 1. The normalized spacial score (nSPS) is 10.0. The Morgan fingerprint density at radius 2 is 1.93 bits per heavy atom. The molecule has 0 aliphatic rings. The van der Waals surface area contributed by atoms with Gasteiger partial charge in [0.15, 0.2) is 11.5 Å². The lowest BCUT2D eigenvalue weighted by Gasteiger charge is -2.11. The fourth-order valence-electron chi connectivity index (χ4n) is 1.24. The third-order valence-corrected chi connectivity index (χ3v) is 2.02. The van der Waals surface area contributed by atoms with Crippen LogP contribution in [0.1, 0.15) is 26.7 Å². The molecule has 0 amide bonds. The number of nitrogen functional groups attached to an aromatic ring is 1. The molecule has 0 heterocycles. The molecule has 0 aliphatic heterocycles. The van der Waals surface area contributed by atoms with Crippen molar-refractivity contribution in [2.75, 3.05) is 18.9 Å². The summed E-state index contributed by atoms with van der Waals surface area (Å²) in [5.74, 6) is 1.51. The lowest BCUT2D eigenvalue weighted by Crippen LogP contribution is -2.01. The van der Waals surface area contributed by atoms with Crippen molar-refractivity contribution < 1.29 is 9.47 Å². The van der Waals surface area contributed by atoms with Gasteiger partial charge in [0.05, 0.1) is 13.2 Å². The SMILES string of the molecule is CCCCOc1ccc(N)cc1OCC. The van der Waals surface area contributed by atoms with Gasteiger partial charge in [0, 0.05) is 11.8 Å². The molecule has 3 nitrogen and oxygen atoms in total. The van der Waals surface area contributed by atoms with Crippen LogP contribution >= 0.6 is 0 Å². The highest BCUT2D eigenvalue weighted by molar-refractivity contribution is 5.51. The molecule has 0 unspecified atom stereocenters. The van der Waals surface area contributed by atoms with Gasteiger partial charge in [-0.05, 0) is 25.5 Å². The average Bonchev–Trinajstić information content (AvgIpc) is 2.22. The number of unbranched alkanes of at least 4 members (excludes halogenated alkanes) is 1. The van der Waals surface area contributed by atoms with E-state index in [-0.39, 0.29) is 0 Å². The van der Waals surface area contributed by atoms with Crippen molar-refractivity contribution >= 4 is 5.69 Å². The lowest BCUT2D eigenvalue weighted by molar-refractivity contribution is 0.273. The van der Waals surface area contributed by atoms with Crippen LogP contribution in [-0.2, 0) is 0 Å². The zero-order chi connectivity index (χ0) is 11.1. The number of ether oxygens (including phenoxy) is 2. The van der Waals surface area contributed by atoms with E-state index in [4.69, 9.17) is 15.2 Å². The molecule has 0 aliphatic carbocycles. The first-order chi connectivity index (χ1) is 7.27. The van der Waals surface area contributed by atoms with Crippen LogP contribution in [0, 0.1) is 0 Å². The Balaban J connectivity index is 2.67. The van der Waals surface area contributed by atoms with Crippen LogP contribution in [0.2, 0.25) is 0 Å². The maximum atomic E-state index is 5.68. The van der Waals surface area contributed by atoms with Gasteiger partial charge in [-0.1, -0.05) is 13.3 Å². The van der Waals surface area contributed by atoms with E-state index in [1.54, 1.807) is 6.07 Å². The van der Waals surface area contributed by atoms with E-state index in [0.29, 0.717) is 12.3 Å². The Kier molecular flexibility index (Phi) is 4.81. The van der Waals surface area contributed by atoms with Gasteiger partial charge in [0.2, 0.25) is 0 Å². The minimum atomic E-state index is 0.619. The predicted molar refractivity (Wildman–Crippen MR) is 62.4 cm³/mol. The third-order valence-electron chi connectivity index (χ3n) is 2.02. The van der Waals surface area contributed by atoms with E-state index in [1.807, 2.05) is 19.1 Å². The van der Waals surface area contributed by atoms with Crippen molar-refractivity contribution in [2.45, 2.75) is 26.7 Å². The van der Waals surface area contributed by atoms with Crippen LogP contribution in [0.15, 0.2) is 18.2 Å². The second-order valence-corrected chi connectivity index (χ2v) is 3.34. The Hall–Kier alpha value is -1.38. The Labute approximate surface area is 91.2 Å². The molecule has 0 saturated heterocycles.